The Balaban J connectivity index is 1.81. The van der Waals surface area contributed by atoms with Gasteiger partial charge in [0.05, 0.1) is 12.1 Å². The van der Waals surface area contributed by atoms with Crippen LogP contribution in [-0.4, -0.2) is 78.4 Å². The summed E-state index contributed by atoms with van der Waals surface area (Å²) >= 11 is 0. The highest BCUT2D eigenvalue weighted by Gasteiger charge is 2.54. The average molecular weight is 444 g/mol. The van der Waals surface area contributed by atoms with Crippen LogP contribution in [-0.2, 0) is 15.1 Å². The van der Waals surface area contributed by atoms with Gasteiger partial charge in [-0.15, -0.1) is 0 Å². The quantitative estimate of drug-likeness (QED) is 0.639. The highest BCUT2D eigenvalue weighted by molar-refractivity contribution is 5.88. The van der Waals surface area contributed by atoms with E-state index >= 15 is 0 Å². The number of amides is 4. The molecule has 0 aromatic heterocycles. The number of hydrogen-bond acceptors (Lipinski definition) is 4. The van der Waals surface area contributed by atoms with Crippen LogP contribution in [0.2, 0.25) is 0 Å². The van der Waals surface area contributed by atoms with Crippen molar-refractivity contribution >= 4 is 17.8 Å². The minimum absolute atomic E-state index is 0.0556. The SMILES string of the molecule is CC(C)CN1C(=O)N(CC(=O)NCC(N)=O)C[C@]12CC[C@@](c1ccccc1)(N(C)C)CC2. The van der Waals surface area contributed by atoms with E-state index in [4.69, 9.17) is 5.73 Å². The fourth-order valence-electron chi connectivity index (χ4n) is 5.36. The van der Waals surface area contributed by atoms with Crippen molar-refractivity contribution in [1.29, 1.82) is 0 Å². The Hall–Kier alpha value is -2.61. The first-order valence-corrected chi connectivity index (χ1v) is 11.4. The summed E-state index contributed by atoms with van der Waals surface area (Å²) < 4.78 is 0. The Morgan fingerprint density at radius 1 is 1.12 bits per heavy atom. The minimum Gasteiger partial charge on any atom is -0.368 e. The monoisotopic (exact) mass is 443 g/mol. The van der Waals surface area contributed by atoms with Crippen molar-refractivity contribution < 1.29 is 14.4 Å². The van der Waals surface area contributed by atoms with Crippen molar-refractivity contribution in [2.75, 3.05) is 40.3 Å². The zero-order chi connectivity index (χ0) is 23.5. The molecule has 1 aliphatic carbocycles. The summed E-state index contributed by atoms with van der Waals surface area (Å²) in [7, 11) is 4.26. The van der Waals surface area contributed by atoms with E-state index in [9.17, 15) is 14.4 Å². The number of carbonyl (C=O) groups excluding carboxylic acids is 3. The number of nitrogens with one attached hydrogen (secondary N) is 1. The van der Waals surface area contributed by atoms with Crippen LogP contribution >= 0.6 is 0 Å². The normalized spacial score (nSPS) is 25.8. The van der Waals surface area contributed by atoms with Gasteiger partial charge < -0.3 is 20.9 Å². The van der Waals surface area contributed by atoms with Crippen molar-refractivity contribution in [3.05, 3.63) is 35.9 Å². The maximum atomic E-state index is 13.3. The van der Waals surface area contributed by atoms with Gasteiger partial charge in [0.25, 0.3) is 0 Å². The number of nitrogens with two attached hydrogens (primary N) is 1. The summed E-state index contributed by atoms with van der Waals surface area (Å²) in [5.74, 6) is -0.632. The molecule has 32 heavy (non-hydrogen) atoms. The van der Waals surface area contributed by atoms with Gasteiger partial charge in [0, 0.05) is 18.6 Å². The molecule has 0 bridgehead atoms. The lowest BCUT2D eigenvalue weighted by Crippen LogP contribution is -2.56. The van der Waals surface area contributed by atoms with Crippen LogP contribution in [0, 0.1) is 5.92 Å². The van der Waals surface area contributed by atoms with Gasteiger partial charge in [0.15, 0.2) is 0 Å². The van der Waals surface area contributed by atoms with Crippen LogP contribution in [0.1, 0.15) is 45.1 Å². The van der Waals surface area contributed by atoms with Gasteiger partial charge in [-0.3, -0.25) is 14.5 Å². The van der Waals surface area contributed by atoms with Crippen molar-refractivity contribution in [2.45, 2.75) is 50.6 Å². The fraction of sp³-hybridized carbons (Fsp3) is 0.625. The lowest BCUT2D eigenvalue weighted by Gasteiger charge is -2.51. The number of urea groups is 1. The molecule has 4 amide bonds. The van der Waals surface area contributed by atoms with Crippen LogP contribution in [0.4, 0.5) is 4.79 Å². The molecule has 1 saturated heterocycles. The summed E-state index contributed by atoms with van der Waals surface area (Å²) in [5, 5.41) is 2.49. The molecule has 0 atom stereocenters. The predicted molar refractivity (Wildman–Crippen MR) is 124 cm³/mol. The third-order valence-electron chi connectivity index (χ3n) is 7.08. The summed E-state index contributed by atoms with van der Waals surface area (Å²) in [6.45, 7) is 5.14. The molecule has 8 nitrogen and oxygen atoms in total. The standard InChI is InChI=1S/C24H37N5O3/c1-18(2)15-29-22(32)28(16-21(31)26-14-20(25)30)17-23(29)10-12-24(13-11-23,27(3)4)19-8-6-5-7-9-19/h5-9,18H,10-17H2,1-4H3,(H2,25,30)(H,26,31)/t23-,24-. The molecule has 0 radical (unpaired) electrons. The first-order valence-electron chi connectivity index (χ1n) is 11.4. The van der Waals surface area contributed by atoms with Gasteiger partial charge in [-0.1, -0.05) is 44.2 Å². The number of benzene rings is 1. The molecule has 8 heteroatoms. The smallest absolute Gasteiger partial charge is 0.321 e. The molecule has 1 aromatic carbocycles. The third kappa shape index (κ3) is 4.75. The highest BCUT2D eigenvalue weighted by atomic mass is 16.2. The van der Waals surface area contributed by atoms with Crippen LogP contribution in [0.15, 0.2) is 30.3 Å². The summed E-state index contributed by atoms with van der Waals surface area (Å²) in [6, 6.07) is 10.5. The maximum Gasteiger partial charge on any atom is 0.321 e. The Morgan fingerprint density at radius 3 is 2.28 bits per heavy atom. The molecular weight excluding hydrogens is 406 g/mol. The van der Waals surface area contributed by atoms with E-state index in [1.165, 1.54) is 5.56 Å². The zero-order valence-corrected chi connectivity index (χ0v) is 19.8. The van der Waals surface area contributed by atoms with E-state index < -0.39 is 5.91 Å². The van der Waals surface area contributed by atoms with Crippen LogP contribution in [0.3, 0.4) is 0 Å². The number of hydrogen-bond donors (Lipinski definition) is 2. The first kappa shape index (κ1) is 24.0. The molecule has 0 unspecified atom stereocenters. The molecular formula is C24H37N5O3. The van der Waals surface area contributed by atoms with E-state index in [2.05, 4.69) is 62.4 Å². The second-order valence-corrected chi connectivity index (χ2v) is 9.90. The molecule has 1 saturated carbocycles. The molecule has 1 spiro atoms. The number of primary amides is 1. The molecule has 1 heterocycles. The number of carbonyl (C=O) groups is 3. The van der Waals surface area contributed by atoms with Crippen LogP contribution < -0.4 is 11.1 Å². The van der Waals surface area contributed by atoms with Gasteiger partial charge in [-0.05, 0) is 51.3 Å². The second-order valence-electron chi connectivity index (χ2n) is 9.90. The lowest BCUT2D eigenvalue weighted by molar-refractivity contribution is -0.125. The molecule has 2 fully saturated rings. The summed E-state index contributed by atoms with van der Waals surface area (Å²) in [4.78, 5) is 42.5. The molecule has 3 rings (SSSR count). The van der Waals surface area contributed by atoms with E-state index in [1.807, 2.05) is 11.0 Å². The van der Waals surface area contributed by atoms with Gasteiger partial charge in [0.2, 0.25) is 11.8 Å². The Labute approximate surface area is 191 Å². The Bertz CT molecular complexity index is 831. The van der Waals surface area contributed by atoms with Gasteiger partial charge in [-0.2, -0.15) is 0 Å². The predicted octanol–water partition coefficient (Wildman–Crippen LogP) is 1.75. The largest absolute Gasteiger partial charge is 0.368 e. The van der Waals surface area contributed by atoms with Crippen LogP contribution in [0.25, 0.3) is 0 Å². The number of rotatable bonds is 8. The van der Waals surface area contributed by atoms with Crippen molar-refractivity contribution in [3.63, 3.8) is 0 Å². The molecule has 3 N–H and O–H groups in total. The van der Waals surface area contributed by atoms with E-state index in [1.54, 1.807) is 4.90 Å². The van der Waals surface area contributed by atoms with Crippen molar-refractivity contribution in [3.8, 4) is 0 Å². The van der Waals surface area contributed by atoms with E-state index in [-0.39, 0.29) is 36.1 Å². The third-order valence-corrected chi connectivity index (χ3v) is 7.08. The van der Waals surface area contributed by atoms with Gasteiger partial charge >= 0.3 is 6.03 Å². The molecule has 2 aliphatic rings. The molecule has 1 aromatic rings. The van der Waals surface area contributed by atoms with E-state index in [0.717, 1.165) is 25.7 Å². The van der Waals surface area contributed by atoms with E-state index in [0.29, 0.717) is 19.0 Å². The average Bonchev–Trinajstić information content (AvgIpc) is 2.98. The highest BCUT2D eigenvalue weighted by Crippen LogP contribution is 2.49. The minimum atomic E-state index is -0.600. The second kappa shape index (κ2) is 9.48. The fourth-order valence-corrected chi connectivity index (χ4v) is 5.36. The topological polar surface area (TPSA) is 99.0 Å². The van der Waals surface area contributed by atoms with Crippen molar-refractivity contribution in [2.24, 2.45) is 11.7 Å². The maximum absolute atomic E-state index is 13.3. The summed E-state index contributed by atoms with van der Waals surface area (Å²) in [6.07, 6.45) is 3.62. The number of nitrogens with zero attached hydrogens (tertiary/aromatic N) is 3. The molecule has 176 valence electrons. The lowest BCUT2D eigenvalue weighted by atomic mass is 9.68. The van der Waals surface area contributed by atoms with Gasteiger partial charge in [-0.25, -0.2) is 4.79 Å². The Kier molecular flexibility index (Phi) is 7.12. The Morgan fingerprint density at radius 2 is 1.75 bits per heavy atom. The van der Waals surface area contributed by atoms with Crippen LogP contribution in [0.5, 0.6) is 0 Å². The molecule has 1 aliphatic heterocycles. The van der Waals surface area contributed by atoms with Crippen molar-refractivity contribution in [1.82, 2.24) is 20.0 Å². The zero-order valence-electron chi connectivity index (χ0n) is 19.8. The summed E-state index contributed by atoms with van der Waals surface area (Å²) in [5.41, 5.74) is 6.08. The van der Waals surface area contributed by atoms with Gasteiger partial charge in [0.1, 0.15) is 6.54 Å². The first-order chi connectivity index (χ1) is 15.1.